The average molecular weight is 377 g/mol. The molecule has 4 rings (SSSR count). The lowest BCUT2D eigenvalue weighted by atomic mass is 10.0. The smallest absolute Gasteiger partial charge is 0.153 e. The Bertz CT molecular complexity index is 1120. The van der Waals surface area contributed by atoms with Crippen molar-refractivity contribution in [3.63, 3.8) is 0 Å². The number of anilines is 2. The maximum atomic E-state index is 11.5. The molecule has 0 fully saturated rings. The van der Waals surface area contributed by atoms with Crippen LogP contribution < -0.4 is 11.1 Å². The van der Waals surface area contributed by atoms with Crippen molar-refractivity contribution in [2.24, 2.45) is 0 Å². The molecule has 4 aromatic rings. The number of aromatic nitrogens is 3. The number of nitrogens with one attached hydrogen (secondary N) is 2. The lowest BCUT2D eigenvalue weighted by Crippen LogP contribution is -2.01. The summed E-state index contributed by atoms with van der Waals surface area (Å²) in [5.74, 6) is 1.28. The summed E-state index contributed by atoms with van der Waals surface area (Å²) < 4.78 is 11.5. The third-order valence-electron chi connectivity index (χ3n) is 4.41. The number of nitrogens with two attached hydrogens (primary N) is 1. The summed E-state index contributed by atoms with van der Waals surface area (Å²) in [6.45, 7) is 0.640. The standard InChI is InChI=1S/C20H19N5OS/c1-27(26)16-5-2-13(3-6-16)12-23-19-11-15(8-9-22-19)14-4-7-18-17(10-14)20(21)25-24-18/h2-11H,12H2,1H3,(H,22,23)(H3,21,24,25). The van der Waals surface area contributed by atoms with Crippen LogP contribution in [0.2, 0.25) is 0 Å². The summed E-state index contributed by atoms with van der Waals surface area (Å²) in [5.41, 5.74) is 10.0. The minimum Gasteiger partial charge on any atom is -0.382 e. The lowest BCUT2D eigenvalue weighted by molar-refractivity contribution is 0.687. The molecule has 2 aromatic heterocycles. The van der Waals surface area contributed by atoms with Crippen LogP contribution in [0.3, 0.4) is 0 Å². The molecular formula is C20H19N5OS. The molecule has 6 nitrogen and oxygen atoms in total. The highest BCUT2D eigenvalue weighted by Gasteiger charge is 2.06. The van der Waals surface area contributed by atoms with E-state index in [0.717, 1.165) is 38.3 Å². The van der Waals surface area contributed by atoms with E-state index in [1.54, 1.807) is 12.5 Å². The van der Waals surface area contributed by atoms with E-state index < -0.39 is 10.8 Å². The van der Waals surface area contributed by atoms with Crippen LogP contribution in [-0.2, 0) is 17.3 Å². The molecule has 4 N–H and O–H groups in total. The van der Waals surface area contributed by atoms with Gasteiger partial charge in [-0.15, -0.1) is 0 Å². The van der Waals surface area contributed by atoms with Crippen LogP contribution in [0.5, 0.6) is 0 Å². The van der Waals surface area contributed by atoms with Crippen molar-refractivity contribution in [2.45, 2.75) is 11.4 Å². The quantitative estimate of drug-likeness (QED) is 0.494. The van der Waals surface area contributed by atoms with Crippen LogP contribution in [0, 0.1) is 0 Å². The number of rotatable bonds is 5. The summed E-state index contributed by atoms with van der Waals surface area (Å²) in [4.78, 5) is 5.22. The van der Waals surface area contributed by atoms with Gasteiger partial charge < -0.3 is 11.1 Å². The highest BCUT2D eigenvalue weighted by Crippen LogP contribution is 2.27. The third kappa shape index (κ3) is 3.68. The van der Waals surface area contributed by atoms with Crippen molar-refractivity contribution in [1.82, 2.24) is 15.2 Å². The monoisotopic (exact) mass is 377 g/mol. The zero-order chi connectivity index (χ0) is 18.8. The Morgan fingerprint density at radius 1 is 1.07 bits per heavy atom. The minimum absolute atomic E-state index is 0.496. The van der Waals surface area contributed by atoms with Crippen molar-refractivity contribution < 1.29 is 4.21 Å². The van der Waals surface area contributed by atoms with E-state index in [2.05, 4.69) is 20.5 Å². The van der Waals surface area contributed by atoms with Gasteiger partial charge in [-0.05, 0) is 53.1 Å². The highest BCUT2D eigenvalue weighted by atomic mass is 32.2. The van der Waals surface area contributed by atoms with Crippen molar-refractivity contribution in [1.29, 1.82) is 0 Å². The largest absolute Gasteiger partial charge is 0.382 e. The topological polar surface area (TPSA) is 96.7 Å². The first-order chi connectivity index (χ1) is 13.1. The van der Waals surface area contributed by atoms with Crippen LogP contribution in [0.4, 0.5) is 11.6 Å². The lowest BCUT2D eigenvalue weighted by Gasteiger charge is -2.08. The van der Waals surface area contributed by atoms with Gasteiger partial charge in [-0.2, -0.15) is 5.10 Å². The highest BCUT2D eigenvalue weighted by molar-refractivity contribution is 7.84. The van der Waals surface area contributed by atoms with Crippen LogP contribution in [0.25, 0.3) is 22.0 Å². The SMILES string of the molecule is CS(=O)c1ccc(CNc2cc(-c3ccc4[nH]nc(N)c4c3)ccn2)cc1. The van der Waals surface area contributed by atoms with Crippen LogP contribution in [-0.4, -0.2) is 25.6 Å². The Hall–Kier alpha value is -3.19. The first-order valence-corrected chi connectivity index (χ1v) is 10.0. The Morgan fingerprint density at radius 3 is 2.63 bits per heavy atom. The minimum atomic E-state index is -0.959. The van der Waals surface area contributed by atoms with E-state index in [4.69, 9.17) is 5.73 Å². The number of fused-ring (bicyclic) bond motifs is 1. The second kappa shape index (κ2) is 7.20. The predicted octanol–water partition coefficient (Wildman–Crippen LogP) is 3.56. The van der Waals surface area contributed by atoms with Gasteiger partial charge in [0.05, 0.1) is 5.52 Å². The van der Waals surface area contributed by atoms with Gasteiger partial charge >= 0.3 is 0 Å². The van der Waals surface area contributed by atoms with E-state index in [0.29, 0.717) is 12.4 Å². The fourth-order valence-corrected chi connectivity index (χ4v) is 3.43. The number of H-pyrrole nitrogens is 1. The molecule has 0 spiro atoms. The third-order valence-corrected chi connectivity index (χ3v) is 5.35. The Kier molecular flexibility index (Phi) is 4.60. The zero-order valence-electron chi connectivity index (χ0n) is 14.8. The molecule has 136 valence electrons. The number of pyridine rings is 1. The molecule has 0 saturated carbocycles. The van der Waals surface area contributed by atoms with Crippen molar-refractivity contribution in [3.05, 3.63) is 66.4 Å². The van der Waals surface area contributed by atoms with Gasteiger partial charge in [0.25, 0.3) is 0 Å². The molecule has 2 heterocycles. The fraction of sp³-hybridized carbons (Fsp3) is 0.100. The van der Waals surface area contributed by atoms with Crippen molar-refractivity contribution >= 4 is 33.3 Å². The van der Waals surface area contributed by atoms with Gasteiger partial charge in [0.15, 0.2) is 5.82 Å². The van der Waals surface area contributed by atoms with Gasteiger partial charge in [-0.1, -0.05) is 18.2 Å². The maximum absolute atomic E-state index is 11.5. The Morgan fingerprint density at radius 2 is 1.85 bits per heavy atom. The number of hydrogen-bond acceptors (Lipinski definition) is 5. The van der Waals surface area contributed by atoms with E-state index in [9.17, 15) is 4.21 Å². The van der Waals surface area contributed by atoms with E-state index >= 15 is 0 Å². The van der Waals surface area contributed by atoms with Gasteiger partial charge in [-0.3, -0.25) is 9.31 Å². The summed E-state index contributed by atoms with van der Waals surface area (Å²) in [5, 5.41) is 11.2. The van der Waals surface area contributed by atoms with Crippen molar-refractivity contribution in [2.75, 3.05) is 17.3 Å². The molecule has 0 aliphatic carbocycles. The summed E-state index contributed by atoms with van der Waals surface area (Å²) in [7, 11) is -0.959. The number of hydrogen-bond donors (Lipinski definition) is 3. The first kappa shape index (κ1) is 17.2. The summed E-state index contributed by atoms with van der Waals surface area (Å²) in [6.07, 6.45) is 3.46. The van der Waals surface area contributed by atoms with Gasteiger partial charge in [0, 0.05) is 40.1 Å². The van der Waals surface area contributed by atoms with Gasteiger partial charge in [0.1, 0.15) is 5.82 Å². The maximum Gasteiger partial charge on any atom is 0.153 e. The van der Waals surface area contributed by atoms with Crippen LogP contribution >= 0.6 is 0 Å². The molecule has 7 heteroatoms. The normalized spacial score (nSPS) is 12.2. The molecule has 0 aliphatic rings. The average Bonchev–Trinajstić information content (AvgIpc) is 3.07. The number of aromatic amines is 1. The number of nitrogen functional groups attached to an aromatic ring is 1. The van der Waals surface area contributed by atoms with Crippen LogP contribution in [0.1, 0.15) is 5.56 Å². The molecule has 2 aromatic carbocycles. The van der Waals surface area contributed by atoms with Gasteiger partial charge in [0.2, 0.25) is 0 Å². The molecule has 0 bridgehead atoms. The number of benzene rings is 2. The second-order valence-corrected chi connectivity index (χ2v) is 7.63. The summed E-state index contributed by atoms with van der Waals surface area (Å²) in [6, 6.07) is 17.7. The zero-order valence-corrected chi connectivity index (χ0v) is 15.6. The first-order valence-electron chi connectivity index (χ1n) is 8.46. The molecule has 1 unspecified atom stereocenters. The van der Waals surface area contributed by atoms with Crippen LogP contribution in [0.15, 0.2) is 65.7 Å². The molecule has 0 amide bonds. The Labute approximate surface area is 159 Å². The van der Waals surface area contributed by atoms with E-state index in [-0.39, 0.29) is 0 Å². The number of nitrogens with zero attached hydrogens (tertiary/aromatic N) is 2. The summed E-state index contributed by atoms with van der Waals surface area (Å²) >= 11 is 0. The van der Waals surface area contributed by atoms with E-state index in [1.807, 2.05) is 54.6 Å². The molecule has 0 radical (unpaired) electrons. The van der Waals surface area contributed by atoms with Gasteiger partial charge in [-0.25, -0.2) is 4.98 Å². The molecule has 27 heavy (non-hydrogen) atoms. The van der Waals surface area contributed by atoms with E-state index in [1.165, 1.54) is 0 Å². The second-order valence-electron chi connectivity index (χ2n) is 6.25. The molecule has 0 aliphatic heterocycles. The Balaban J connectivity index is 1.53. The molecule has 1 atom stereocenters. The molecule has 0 saturated heterocycles. The predicted molar refractivity (Wildman–Crippen MR) is 110 cm³/mol. The molecular weight excluding hydrogens is 358 g/mol. The fourth-order valence-electron chi connectivity index (χ4n) is 2.91. The van der Waals surface area contributed by atoms with Crippen molar-refractivity contribution in [3.8, 4) is 11.1 Å².